The number of nitrogens with one attached hydrogen (secondary N) is 1. The standard InChI is InChI=1S/C18H24N6O2S/c1-26-15-4-2-14(3-5-15)12-21-16(25)13-22-17(19)23-7-9-24(10-8-23)18-20-6-11-27-18/h2-6,11H,7-10,12-13H2,1H3,(H2,19,22)(H,21,25). The number of amides is 1. The summed E-state index contributed by atoms with van der Waals surface area (Å²) in [4.78, 5) is 24.8. The molecule has 2 aromatic rings. The molecule has 1 aromatic carbocycles. The van der Waals surface area contributed by atoms with Crippen LogP contribution in [0.1, 0.15) is 5.56 Å². The number of thiazole rings is 1. The Labute approximate surface area is 162 Å². The van der Waals surface area contributed by atoms with Gasteiger partial charge in [-0.15, -0.1) is 11.3 Å². The van der Waals surface area contributed by atoms with E-state index in [1.165, 1.54) is 0 Å². The number of rotatable bonds is 6. The average molecular weight is 388 g/mol. The molecule has 0 aliphatic carbocycles. The Kier molecular flexibility index (Phi) is 6.48. The van der Waals surface area contributed by atoms with Crippen LogP contribution in [-0.4, -0.2) is 61.6 Å². The molecule has 0 bridgehead atoms. The van der Waals surface area contributed by atoms with Gasteiger partial charge in [-0.3, -0.25) is 4.79 Å². The Balaban J connectivity index is 1.41. The highest BCUT2D eigenvalue weighted by molar-refractivity contribution is 7.13. The predicted octanol–water partition coefficient (Wildman–Crippen LogP) is 0.905. The van der Waals surface area contributed by atoms with Gasteiger partial charge in [0.2, 0.25) is 5.91 Å². The molecule has 0 spiro atoms. The van der Waals surface area contributed by atoms with E-state index in [-0.39, 0.29) is 12.5 Å². The van der Waals surface area contributed by atoms with Crippen LogP contribution in [0.5, 0.6) is 5.75 Å². The number of aliphatic imine (C=N–C) groups is 1. The molecule has 0 radical (unpaired) electrons. The summed E-state index contributed by atoms with van der Waals surface area (Å²) in [5.41, 5.74) is 7.05. The number of ether oxygens (including phenoxy) is 1. The molecule has 0 saturated carbocycles. The third-order valence-electron chi connectivity index (χ3n) is 4.33. The molecule has 3 N–H and O–H groups in total. The van der Waals surface area contributed by atoms with E-state index in [2.05, 4.69) is 20.2 Å². The van der Waals surface area contributed by atoms with Gasteiger partial charge in [0.1, 0.15) is 12.3 Å². The number of nitrogens with zero attached hydrogens (tertiary/aromatic N) is 4. The van der Waals surface area contributed by atoms with Crippen LogP contribution in [0.25, 0.3) is 0 Å². The summed E-state index contributed by atoms with van der Waals surface area (Å²) in [6, 6.07) is 7.56. The number of methoxy groups -OCH3 is 1. The van der Waals surface area contributed by atoms with Crippen molar-refractivity contribution >= 4 is 28.3 Å². The Morgan fingerprint density at radius 2 is 2.04 bits per heavy atom. The largest absolute Gasteiger partial charge is 0.497 e. The van der Waals surface area contributed by atoms with Crippen molar-refractivity contribution in [1.82, 2.24) is 15.2 Å². The molecule has 8 nitrogen and oxygen atoms in total. The molecule has 27 heavy (non-hydrogen) atoms. The summed E-state index contributed by atoms with van der Waals surface area (Å²) < 4.78 is 5.12. The van der Waals surface area contributed by atoms with Crippen LogP contribution >= 0.6 is 11.3 Å². The van der Waals surface area contributed by atoms with E-state index < -0.39 is 0 Å². The third-order valence-corrected chi connectivity index (χ3v) is 5.16. The number of carbonyl (C=O) groups excluding carboxylic acids is 1. The third kappa shape index (κ3) is 5.33. The average Bonchev–Trinajstić information content (AvgIpc) is 3.26. The zero-order chi connectivity index (χ0) is 19.1. The van der Waals surface area contributed by atoms with Gasteiger partial charge in [-0.25, -0.2) is 9.98 Å². The smallest absolute Gasteiger partial charge is 0.242 e. The first-order valence-corrected chi connectivity index (χ1v) is 9.62. The number of hydrogen-bond donors (Lipinski definition) is 2. The van der Waals surface area contributed by atoms with Crippen LogP contribution in [0.4, 0.5) is 5.13 Å². The first-order valence-electron chi connectivity index (χ1n) is 8.74. The normalized spacial score (nSPS) is 14.9. The van der Waals surface area contributed by atoms with Crippen molar-refractivity contribution in [2.75, 3.05) is 44.7 Å². The maximum absolute atomic E-state index is 12.0. The van der Waals surface area contributed by atoms with Crippen molar-refractivity contribution in [2.24, 2.45) is 10.7 Å². The van der Waals surface area contributed by atoms with Crippen LogP contribution in [-0.2, 0) is 11.3 Å². The van der Waals surface area contributed by atoms with Gasteiger partial charge in [-0.05, 0) is 17.7 Å². The van der Waals surface area contributed by atoms with Gasteiger partial charge in [0, 0.05) is 44.3 Å². The number of hydrogen-bond acceptors (Lipinski definition) is 6. The fourth-order valence-electron chi connectivity index (χ4n) is 2.75. The Morgan fingerprint density at radius 3 is 2.67 bits per heavy atom. The lowest BCUT2D eigenvalue weighted by molar-refractivity contribution is -0.119. The van der Waals surface area contributed by atoms with Crippen LogP contribution in [0.3, 0.4) is 0 Å². The van der Waals surface area contributed by atoms with Gasteiger partial charge in [0.05, 0.1) is 7.11 Å². The molecule has 9 heteroatoms. The summed E-state index contributed by atoms with van der Waals surface area (Å²) in [5, 5.41) is 5.85. The molecule has 3 rings (SSSR count). The lowest BCUT2D eigenvalue weighted by Crippen LogP contribution is -2.51. The van der Waals surface area contributed by atoms with E-state index in [0.717, 1.165) is 42.6 Å². The zero-order valence-corrected chi connectivity index (χ0v) is 16.1. The quantitative estimate of drug-likeness (QED) is 0.564. The second-order valence-corrected chi connectivity index (χ2v) is 6.96. The minimum Gasteiger partial charge on any atom is -0.497 e. The summed E-state index contributed by atoms with van der Waals surface area (Å²) in [6.45, 7) is 3.69. The van der Waals surface area contributed by atoms with E-state index in [9.17, 15) is 4.79 Å². The predicted molar refractivity (Wildman–Crippen MR) is 107 cm³/mol. The fraction of sp³-hybridized carbons (Fsp3) is 0.389. The number of carbonyl (C=O) groups is 1. The van der Waals surface area contributed by atoms with Crippen LogP contribution in [0.2, 0.25) is 0 Å². The van der Waals surface area contributed by atoms with E-state index >= 15 is 0 Å². The van der Waals surface area contributed by atoms with Crippen LogP contribution in [0, 0.1) is 0 Å². The van der Waals surface area contributed by atoms with E-state index in [1.807, 2.05) is 40.7 Å². The highest BCUT2D eigenvalue weighted by Gasteiger charge is 2.19. The molecule has 144 valence electrons. The molecule has 1 aromatic heterocycles. The topological polar surface area (TPSA) is 96.1 Å². The van der Waals surface area contributed by atoms with Crippen LogP contribution in [0.15, 0.2) is 40.8 Å². The molecule has 0 atom stereocenters. The molecule has 0 unspecified atom stereocenters. The lowest BCUT2D eigenvalue weighted by atomic mass is 10.2. The van der Waals surface area contributed by atoms with Gasteiger partial charge < -0.3 is 25.6 Å². The van der Waals surface area contributed by atoms with E-state index in [4.69, 9.17) is 10.5 Å². The van der Waals surface area contributed by atoms with Crippen molar-refractivity contribution in [1.29, 1.82) is 0 Å². The number of anilines is 1. The maximum atomic E-state index is 12.0. The first-order chi connectivity index (χ1) is 13.2. The number of benzene rings is 1. The van der Waals surface area contributed by atoms with Crippen molar-refractivity contribution in [2.45, 2.75) is 6.54 Å². The highest BCUT2D eigenvalue weighted by Crippen LogP contribution is 2.18. The van der Waals surface area contributed by atoms with Gasteiger partial charge in [-0.2, -0.15) is 0 Å². The van der Waals surface area contributed by atoms with Crippen molar-refractivity contribution < 1.29 is 9.53 Å². The van der Waals surface area contributed by atoms with Crippen molar-refractivity contribution in [3.05, 3.63) is 41.4 Å². The number of nitrogens with two attached hydrogens (primary N) is 1. The van der Waals surface area contributed by atoms with Gasteiger partial charge in [-0.1, -0.05) is 12.1 Å². The molecular weight excluding hydrogens is 364 g/mol. The first kappa shape index (κ1) is 19.0. The zero-order valence-electron chi connectivity index (χ0n) is 15.3. The van der Waals surface area contributed by atoms with Gasteiger partial charge in [0.15, 0.2) is 11.1 Å². The minimum atomic E-state index is -0.157. The second-order valence-electron chi connectivity index (χ2n) is 6.09. The lowest BCUT2D eigenvalue weighted by Gasteiger charge is -2.35. The molecule has 1 aliphatic heterocycles. The molecule has 1 amide bonds. The summed E-state index contributed by atoms with van der Waals surface area (Å²) in [6.07, 6.45) is 1.81. The van der Waals surface area contributed by atoms with Crippen molar-refractivity contribution in [3.63, 3.8) is 0 Å². The Morgan fingerprint density at radius 1 is 1.30 bits per heavy atom. The molecule has 1 fully saturated rings. The number of guanidine groups is 1. The van der Waals surface area contributed by atoms with E-state index in [0.29, 0.717) is 12.5 Å². The van der Waals surface area contributed by atoms with Gasteiger partial charge >= 0.3 is 0 Å². The monoisotopic (exact) mass is 388 g/mol. The van der Waals surface area contributed by atoms with Crippen LogP contribution < -0.4 is 20.7 Å². The fourth-order valence-corrected chi connectivity index (χ4v) is 3.45. The Hall–Kier alpha value is -2.81. The highest BCUT2D eigenvalue weighted by atomic mass is 32.1. The molecule has 1 saturated heterocycles. The maximum Gasteiger partial charge on any atom is 0.242 e. The summed E-state index contributed by atoms with van der Waals surface area (Å²) >= 11 is 1.63. The number of piperazine rings is 1. The summed E-state index contributed by atoms with van der Waals surface area (Å²) in [5.74, 6) is 1.04. The van der Waals surface area contributed by atoms with Gasteiger partial charge in [0.25, 0.3) is 0 Å². The molecule has 1 aliphatic rings. The van der Waals surface area contributed by atoms with E-state index in [1.54, 1.807) is 18.4 Å². The number of aromatic nitrogens is 1. The minimum absolute atomic E-state index is 0.0225. The van der Waals surface area contributed by atoms with Crippen molar-refractivity contribution in [3.8, 4) is 5.75 Å². The second kappa shape index (κ2) is 9.22. The molecular formula is C18H24N6O2S. The SMILES string of the molecule is COc1ccc(CNC(=O)CN=C(N)N2CCN(c3nccs3)CC2)cc1. The Bertz CT molecular complexity index is 755. The molecule has 2 heterocycles. The summed E-state index contributed by atoms with van der Waals surface area (Å²) in [7, 11) is 1.62.